The molecule has 0 saturated heterocycles. The summed E-state index contributed by atoms with van der Waals surface area (Å²) in [6.45, 7) is 0. The van der Waals surface area contributed by atoms with Gasteiger partial charge in [0.1, 0.15) is 11.5 Å². The van der Waals surface area contributed by atoms with Crippen molar-refractivity contribution in [1.29, 1.82) is 0 Å². The van der Waals surface area contributed by atoms with Crippen LogP contribution in [-0.4, -0.2) is 15.0 Å². The van der Waals surface area contributed by atoms with Crippen LogP contribution in [-0.2, 0) is 0 Å². The molecule has 1 heterocycles. The minimum Gasteiger partial charge on any atom is -0.381 e. The topological polar surface area (TPSA) is 56.7 Å². The van der Waals surface area contributed by atoms with Gasteiger partial charge in [0.2, 0.25) is 0 Å². The second kappa shape index (κ2) is 3.38. The van der Waals surface area contributed by atoms with Gasteiger partial charge in [0.15, 0.2) is 5.82 Å². The molecule has 6 heteroatoms. The average molecular weight is 257 g/mol. The van der Waals surface area contributed by atoms with Crippen LogP contribution in [0.3, 0.4) is 0 Å². The van der Waals surface area contributed by atoms with Gasteiger partial charge in [0, 0.05) is 4.47 Å². The Morgan fingerprint density at radius 2 is 2.21 bits per heavy atom. The molecular weight excluding hydrogens is 251 g/mol. The first-order chi connectivity index (χ1) is 6.66. The third-order valence-electron chi connectivity index (χ3n) is 1.67. The number of hydrogen-bond acceptors (Lipinski definition) is 3. The highest BCUT2D eigenvalue weighted by atomic mass is 79.9. The molecule has 0 radical (unpaired) electrons. The zero-order valence-corrected chi connectivity index (χ0v) is 8.57. The predicted octanol–water partition coefficient (Wildman–Crippen LogP) is 1.75. The second-order valence-electron chi connectivity index (χ2n) is 2.68. The fourth-order valence-electron chi connectivity index (χ4n) is 1.06. The van der Waals surface area contributed by atoms with Crippen LogP contribution in [0, 0.1) is 5.82 Å². The van der Waals surface area contributed by atoms with Crippen molar-refractivity contribution in [1.82, 2.24) is 15.0 Å². The third-order valence-corrected chi connectivity index (χ3v) is 2.16. The molecule has 72 valence electrons. The lowest BCUT2D eigenvalue weighted by molar-refractivity contribution is 0.606. The summed E-state index contributed by atoms with van der Waals surface area (Å²) < 4.78 is 15.4. The van der Waals surface area contributed by atoms with Crippen molar-refractivity contribution in [3.63, 3.8) is 0 Å². The molecule has 2 rings (SSSR count). The van der Waals surface area contributed by atoms with Crippen LogP contribution in [0.25, 0.3) is 5.69 Å². The van der Waals surface area contributed by atoms with E-state index < -0.39 is 0 Å². The standard InChI is InChI=1S/C8H6BrFN4/c9-5-1-2-6(10)7(3-5)14-4-8(11)12-13-14/h1-4H,11H2. The van der Waals surface area contributed by atoms with Crippen molar-refractivity contribution < 1.29 is 4.39 Å². The van der Waals surface area contributed by atoms with E-state index in [2.05, 4.69) is 26.2 Å². The van der Waals surface area contributed by atoms with E-state index in [9.17, 15) is 4.39 Å². The van der Waals surface area contributed by atoms with E-state index in [0.29, 0.717) is 5.69 Å². The van der Waals surface area contributed by atoms with Crippen molar-refractivity contribution in [2.45, 2.75) is 0 Å². The molecule has 0 amide bonds. The Morgan fingerprint density at radius 3 is 2.86 bits per heavy atom. The normalized spacial score (nSPS) is 10.4. The number of anilines is 1. The SMILES string of the molecule is Nc1cn(-c2cc(Br)ccc2F)nn1. The summed E-state index contributed by atoms with van der Waals surface area (Å²) in [5.41, 5.74) is 5.68. The van der Waals surface area contributed by atoms with E-state index in [1.807, 2.05) is 0 Å². The molecule has 4 nitrogen and oxygen atoms in total. The molecule has 2 N–H and O–H groups in total. The van der Waals surface area contributed by atoms with E-state index in [-0.39, 0.29) is 11.6 Å². The zero-order valence-electron chi connectivity index (χ0n) is 6.98. The Bertz CT molecular complexity index is 468. The van der Waals surface area contributed by atoms with Crippen molar-refractivity contribution in [3.8, 4) is 5.69 Å². The lowest BCUT2D eigenvalue weighted by atomic mass is 10.3. The van der Waals surface area contributed by atoms with E-state index >= 15 is 0 Å². The number of nitrogens with two attached hydrogens (primary N) is 1. The van der Waals surface area contributed by atoms with Gasteiger partial charge >= 0.3 is 0 Å². The Kier molecular flexibility index (Phi) is 2.20. The van der Waals surface area contributed by atoms with Crippen LogP contribution >= 0.6 is 15.9 Å². The van der Waals surface area contributed by atoms with Crippen molar-refractivity contribution in [2.75, 3.05) is 5.73 Å². The summed E-state index contributed by atoms with van der Waals surface area (Å²) in [5, 5.41) is 7.24. The van der Waals surface area contributed by atoms with Crippen LogP contribution < -0.4 is 5.73 Å². The number of nitrogens with zero attached hydrogens (tertiary/aromatic N) is 3. The summed E-state index contributed by atoms with van der Waals surface area (Å²) in [6, 6.07) is 4.56. The van der Waals surface area contributed by atoms with E-state index in [1.54, 1.807) is 12.1 Å². The molecule has 1 aromatic carbocycles. The molecule has 0 atom stereocenters. The summed E-state index contributed by atoms with van der Waals surface area (Å²) in [7, 11) is 0. The Hall–Kier alpha value is -1.43. The number of hydrogen-bond donors (Lipinski definition) is 1. The molecular formula is C8H6BrFN4. The summed E-state index contributed by atoms with van der Waals surface area (Å²) in [4.78, 5) is 0. The monoisotopic (exact) mass is 256 g/mol. The molecule has 1 aromatic heterocycles. The maximum atomic E-state index is 13.3. The van der Waals surface area contributed by atoms with Gasteiger partial charge in [-0.2, -0.15) is 0 Å². The van der Waals surface area contributed by atoms with Gasteiger partial charge in [-0.25, -0.2) is 9.07 Å². The van der Waals surface area contributed by atoms with Crippen LogP contribution in [0.4, 0.5) is 10.2 Å². The molecule has 0 spiro atoms. The predicted molar refractivity (Wildman–Crippen MR) is 53.4 cm³/mol. The smallest absolute Gasteiger partial charge is 0.166 e. The fraction of sp³-hybridized carbons (Fsp3) is 0. The van der Waals surface area contributed by atoms with Crippen LogP contribution in [0.2, 0.25) is 0 Å². The van der Waals surface area contributed by atoms with Crippen LogP contribution in [0.5, 0.6) is 0 Å². The molecule has 14 heavy (non-hydrogen) atoms. The van der Waals surface area contributed by atoms with E-state index in [1.165, 1.54) is 16.9 Å². The molecule has 0 unspecified atom stereocenters. The lowest BCUT2D eigenvalue weighted by Gasteiger charge is -2.01. The summed E-state index contributed by atoms with van der Waals surface area (Å²) >= 11 is 3.24. The highest BCUT2D eigenvalue weighted by Gasteiger charge is 2.06. The van der Waals surface area contributed by atoms with E-state index in [0.717, 1.165) is 4.47 Å². The number of benzene rings is 1. The quantitative estimate of drug-likeness (QED) is 0.846. The molecule has 0 aliphatic carbocycles. The molecule has 0 aliphatic rings. The molecule has 0 aliphatic heterocycles. The minimum absolute atomic E-state index is 0.254. The van der Waals surface area contributed by atoms with Crippen molar-refractivity contribution >= 4 is 21.7 Å². The lowest BCUT2D eigenvalue weighted by Crippen LogP contribution is -1.98. The largest absolute Gasteiger partial charge is 0.381 e. The fourth-order valence-corrected chi connectivity index (χ4v) is 1.40. The number of halogens is 2. The first-order valence-electron chi connectivity index (χ1n) is 3.80. The zero-order chi connectivity index (χ0) is 10.1. The van der Waals surface area contributed by atoms with Crippen molar-refractivity contribution in [2.24, 2.45) is 0 Å². The third kappa shape index (κ3) is 1.60. The first-order valence-corrected chi connectivity index (χ1v) is 4.59. The number of nitrogen functional groups attached to an aromatic ring is 1. The maximum absolute atomic E-state index is 13.3. The average Bonchev–Trinajstić information content (AvgIpc) is 2.56. The molecule has 2 aromatic rings. The van der Waals surface area contributed by atoms with Gasteiger partial charge in [-0.1, -0.05) is 21.1 Å². The van der Waals surface area contributed by atoms with Gasteiger partial charge in [-0.15, -0.1) is 5.10 Å². The first kappa shape index (κ1) is 9.14. The maximum Gasteiger partial charge on any atom is 0.166 e. The molecule has 0 saturated carbocycles. The van der Waals surface area contributed by atoms with Crippen LogP contribution in [0.1, 0.15) is 0 Å². The Labute approximate surface area is 87.7 Å². The van der Waals surface area contributed by atoms with E-state index in [4.69, 9.17) is 5.73 Å². The Balaban J connectivity index is 2.55. The van der Waals surface area contributed by atoms with Gasteiger partial charge in [0.25, 0.3) is 0 Å². The van der Waals surface area contributed by atoms with Gasteiger partial charge < -0.3 is 5.73 Å². The Morgan fingerprint density at radius 1 is 1.43 bits per heavy atom. The number of rotatable bonds is 1. The second-order valence-corrected chi connectivity index (χ2v) is 3.60. The van der Waals surface area contributed by atoms with Gasteiger partial charge in [0.05, 0.1) is 6.20 Å². The molecule has 0 fully saturated rings. The highest BCUT2D eigenvalue weighted by Crippen LogP contribution is 2.18. The highest BCUT2D eigenvalue weighted by molar-refractivity contribution is 9.10. The summed E-state index contributed by atoms with van der Waals surface area (Å²) in [6.07, 6.45) is 1.45. The van der Waals surface area contributed by atoms with Crippen LogP contribution in [0.15, 0.2) is 28.9 Å². The molecule has 0 bridgehead atoms. The van der Waals surface area contributed by atoms with Crippen molar-refractivity contribution in [3.05, 3.63) is 34.7 Å². The summed E-state index contributed by atoms with van der Waals surface area (Å²) in [5.74, 6) is -0.123. The van der Waals surface area contributed by atoms with Gasteiger partial charge in [-0.05, 0) is 18.2 Å². The van der Waals surface area contributed by atoms with Gasteiger partial charge in [-0.3, -0.25) is 0 Å². The minimum atomic E-state index is -0.377. The number of aromatic nitrogens is 3.